The van der Waals surface area contributed by atoms with Crippen molar-refractivity contribution in [1.29, 1.82) is 0 Å². The van der Waals surface area contributed by atoms with Gasteiger partial charge in [0.05, 0.1) is 12.2 Å². The van der Waals surface area contributed by atoms with Gasteiger partial charge >= 0.3 is 0 Å². The van der Waals surface area contributed by atoms with Crippen molar-refractivity contribution in [2.24, 2.45) is 10.9 Å². The zero-order chi connectivity index (χ0) is 19.5. The zero-order valence-corrected chi connectivity index (χ0v) is 17.8. The average Bonchev–Trinajstić information content (AvgIpc) is 3.15. The Morgan fingerprint density at radius 1 is 1.26 bits per heavy atom. The molecule has 0 bridgehead atoms. The Hall–Kier alpha value is -1.56. The number of rotatable bonds is 10. The Bertz CT molecular complexity index is 545. The molecule has 1 aromatic heterocycles. The van der Waals surface area contributed by atoms with Crippen molar-refractivity contribution >= 4 is 5.96 Å². The highest BCUT2D eigenvalue weighted by Crippen LogP contribution is 2.22. The maximum atomic E-state index is 5.46. The number of hydrogen-bond acceptors (Lipinski definition) is 4. The van der Waals surface area contributed by atoms with E-state index >= 15 is 0 Å². The lowest BCUT2D eigenvalue weighted by Crippen LogP contribution is -2.37. The normalized spacial score (nSPS) is 16.9. The van der Waals surface area contributed by atoms with Crippen LogP contribution < -0.4 is 10.6 Å². The number of guanidine groups is 1. The molecular weight excluding hydrogens is 338 g/mol. The van der Waals surface area contributed by atoms with Crippen LogP contribution in [0.5, 0.6) is 0 Å². The maximum Gasteiger partial charge on any atom is 0.191 e. The van der Waals surface area contributed by atoms with Gasteiger partial charge in [-0.05, 0) is 64.1 Å². The second kappa shape index (κ2) is 12.0. The van der Waals surface area contributed by atoms with Crippen LogP contribution in [0.25, 0.3) is 0 Å². The minimum absolute atomic E-state index is 0.489. The number of nitrogens with one attached hydrogen (secondary N) is 2. The standard InChI is InChI=1S/C21H39N5O/c1-5-18(6-2)20-15-19(27-25-20)16-24-21(22-4)23-11-7-8-12-26-13-9-17(3)10-14-26/h15,17-18H,5-14,16H2,1-4H3,(H2,22,23,24). The summed E-state index contributed by atoms with van der Waals surface area (Å²) in [5.74, 6) is 3.08. The van der Waals surface area contributed by atoms with Gasteiger partial charge in [0, 0.05) is 25.6 Å². The summed E-state index contributed by atoms with van der Waals surface area (Å²) in [7, 11) is 1.81. The van der Waals surface area contributed by atoms with Gasteiger partial charge in [-0.3, -0.25) is 4.99 Å². The van der Waals surface area contributed by atoms with Gasteiger partial charge in [-0.2, -0.15) is 0 Å². The molecule has 1 saturated heterocycles. The molecule has 1 aliphatic rings. The van der Waals surface area contributed by atoms with Crippen molar-refractivity contribution in [2.75, 3.05) is 33.2 Å². The van der Waals surface area contributed by atoms with Crippen LogP contribution in [0.2, 0.25) is 0 Å². The van der Waals surface area contributed by atoms with Crippen molar-refractivity contribution in [3.63, 3.8) is 0 Å². The Morgan fingerprint density at radius 2 is 2.00 bits per heavy atom. The number of nitrogens with zero attached hydrogens (tertiary/aromatic N) is 3. The highest BCUT2D eigenvalue weighted by atomic mass is 16.5. The van der Waals surface area contributed by atoms with Crippen LogP contribution >= 0.6 is 0 Å². The molecule has 27 heavy (non-hydrogen) atoms. The predicted octanol–water partition coefficient (Wildman–Crippen LogP) is 3.76. The first-order chi connectivity index (χ1) is 13.2. The van der Waals surface area contributed by atoms with Crippen molar-refractivity contribution in [3.8, 4) is 0 Å². The molecule has 1 fully saturated rings. The number of likely N-dealkylation sites (tertiary alicyclic amines) is 1. The zero-order valence-electron chi connectivity index (χ0n) is 17.8. The maximum absolute atomic E-state index is 5.46. The first-order valence-electron chi connectivity index (χ1n) is 10.8. The van der Waals surface area contributed by atoms with E-state index in [9.17, 15) is 0 Å². The number of hydrogen-bond donors (Lipinski definition) is 2. The van der Waals surface area contributed by atoms with E-state index in [-0.39, 0.29) is 0 Å². The molecule has 1 aromatic rings. The monoisotopic (exact) mass is 377 g/mol. The fraction of sp³-hybridized carbons (Fsp3) is 0.810. The topological polar surface area (TPSA) is 65.7 Å². The third kappa shape index (κ3) is 7.53. The SMILES string of the molecule is CCC(CC)c1cc(CNC(=NC)NCCCCN2CCC(C)CC2)on1. The number of piperidine rings is 1. The summed E-state index contributed by atoms with van der Waals surface area (Å²) in [5, 5.41) is 10.9. The van der Waals surface area contributed by atoms with Gasteiger partial charge in [0.2, 0.25) is 0 Å². The Labute approximate surface area is 165 Å². The second-order valence-electron chi connectivity index (χ2n) is 7.82. The molecule has 0 radical (unpaired) electrons. The minimum atomic E-state index is 0.489. The second-order valence-corrected chi connectivity index (χ2v) is 7.82. The van der Waals surface area contributed by atoms with Gasteiger partial charge in [0.15, 0.2) is 11.7 Å². The van der Waals surface area contributed by atoms with Gasteiger partial charge in [0.25, 0.3) is 0 Å². The Morgan fingerprint density at radius 3 is 2.67 bits per heavy atom. The molecule has 0 amide bonds. The molecule has 0 saturated carbocycles. The fourth-order valence-corrected chi connectivity index (χ4v) is 3.66. The number of unbranched alkanes of at least 4 members (excludes halogenated alkanes) is 1. The van der Waals surface area contributed by atoms with E-state index in [0.717, 1.165) is 49.1 Å². The first-order valence-corrected chi connectivity index (χ1v) is 10.8. The summed E-state index contributed by atoms with van der Waals surface area (Å²) in [6.07, 6.45) is 7.29. The molecule has 0 aromatic carbocycles. The minimum Gasteiger partial charge on any atom is -0.359 e. The lowest BCUT2D eigenvalue weighted by molar-refractivity contribution is 0.189. The molecule has 0 spiro atoms. The van der Waals surface area contributed by atoms with Crippen LogP contribution in [-0.2, 0) is 6.54 Å². The van der Waals surface area contributed by atoms with Crippen LogP contribution in [-0.4, -0.2) is 49.2 Å². The number of aromatic nitrogens is 1. The van der Waals surface area contributed by atoms with E-state index < -0.39 is 0 Å². The van der Waals surface area contributed by atoms with Gasteiger partial charge < -0.3 is 20.1 Å². The van der Waals surface area contributed by atoms with E-state index in [2.05, 4.69) is 52.5 Å². The molecule has 0 aliphatic carbocycles. The van der Waals surface area contributed by atoms with Crippen LogP contribution in [0.4, 0.5) is 0 Å². The third-order valence-electron chi connectivity index (χ3n) is 5.70. The van der Waals surface area contributed by atoms with Crippen LogP contribution in [0, 0.1) is 5.92 Å². The van der Waals surface area contributed by atoms with Gasteiger partial charge in [-0.25, -0.2) is 0 Å². The third-order valence-corrected chi connectivity index (χ3v) is 5.70. The molecule has 2 N–H and O–H groups in total. The summed E-state index contributed by atoms with van der Waals surface area (Å²) in [4.78, 5) is 6.90. The van der Waals surface area contributed by atoms with Gasteiger partial charge in [-0.1, -0.05) is 25.9 Å². The first kappa shape index (κ1) is 21.7. The van der Waals surface area contributed by atoms with Crippen molar-refractivity contribution in [2.45, 2.75) is 71.8 Å². The molecule has 2 heterocycles. The van der Waals surface area contributed by atoms with Crippen molar-refractivity contribution < 1.29 is 4.52 Å². The van der Waals surface area contributed by atoms with Crippen LogP contribution in [0.1, 0.15) is 76.7 Å². The summed E-state index contributed by atoms with van der Waals surface area (Å²) < 4.78 is 5.46. The van der Waals surface area contributed by atoms with Crippen molar-refractivity contribution in [1.82, 2.24) is 20.7 Å². The summed E-state index contributed by atoms with van der Waals surface area (Å²) in [6.45, 7) is 12.1. The summed E-state index contributed by atoms with van der Waals surface area (Å²) in [6, 6.07) is 2.07. The predicted molar refractivity (Wildman–Crippen MR) is 112 cm³/mol. The van der Waals surface area contributed by atoms with E-state index in [1.54, 1.807) is 7.05 Å². The highest BCUT2D eigenvalue weighted by molar-refractivity contribution is 5.79. The lowest BCUT2D eigenvalue weighted by Gasteiger charge is -2.30. The fourth-order valence-electron chi connectivity index (χ4n) is 3.66. The number of aliphatic imine (C=N–C) groups is 1. The quantitative estimate of drug-likeness (QED) is 0.369. The van der Waals surface area contributed by atoms with E-state index in [0.29, 0.717) is 12.5 Å². The van der Waals surface area contributed by atoms with Gasteiger partial charge in [-0.15, -0.1) is 0 Å². The average molecular weight is 378 g/mol. The molecular formula is C21H39N5O. The van der Waals surface area contributed by atoms with E-state index in [1.807, 2.05) is 0 Å². The Balaban J connectivity index is 1.60. The lowest BCUT2D eigenvalue weighted by atomic mass is 9.99. The molecule has 6 nitrogen and oxygen atoms in total. The van der Waals surface area contributed by atoms with Gasteiger partial charge in [0.1, 0.15) is 0 Å². The molecule has 154 valence electrons. The van der Waals surface area contributed by atoms with E-state index in [4.69, 9.17) is 4.52 Å². The molecule has 1 aliphatic heterocycles. The van der Waals surface area contributed by atoms with Crippen LogP contribution in [0.3, 0.4) is 0 Å². The van der Waals surface area contributed by atoms with Crippen molar-refractivity contribution in [3.05, 3.63) is 17.5 Å². The highest BCUT2D eigenvalue weighted by Gasteiger charge is 2.15. The smallest absolute Gasteiger partial charge is 0.191 e. The largest absolute Gasteiger partial charge is 0.359 e. The molecule has 0 unspecified atom stereocenters. The van der Waals surface area contributed by atoms with Crippen LogP contribution in [0.15, 0.2) is 15.6 Å². The van der Waals surface area contributed by atoms with E-state index in [1.165, 1.54) is 38.9 Å². The summed E-state index contributed by atoms with van der Waals surface area (Å²) >= 11 is 0. The Kier molecular flexibility index (Phi) is 9.67. The molecule has 2 rings (SSSR count). The summed E-state index contributed by atoms with van der Waals surface area (Å²) in [5.41, 5.74) is 1.06. The molecule has 0 atom stereocenters. The molecule has 6 heteroatoms.